The van der Waals surface area contributed by atoms with Crippen molar-refractivity contribution in [2.75, 3.05) is 19.6 Å². The van der Waals surface area contributed by atoms with Gasteiger partial charge in [0.1, 0.15) is 0 Å². The highest BCUT2D eigenvalue weighted by molar-refractivity contribution is 7.10. The summed E-state index contributed by atoms with van der Waals surface area (Å²) >= 11 is 1.78. The van der Waals surface area contributed by atoms with Crippen molar-refractivity contribution in [1.29, 1.82) is 0 Å². The Morgan fingerprint density at radius 3 is 2.57 bits per heavy atom. The van der Waals surface area contributed by atoms with Crippen LogP contribution in [0.15, 0.2) is 41.8 Å². The summed E-state index contributed by atoms with van der Waals surface area (Å²) in [4.78, 5) is 16.2. The molecule has 0 bridgehead atoms. The van der Waals surface area contributed by atoms with E-state index in [2.05, 4.69) is 34.7 Å². The quantitative estimate of drug-likeness (QED) is 0.873. The second kappa shape index (κ2) is 7.75. The molecule has 1 aromatic carbocycles. The molecule has 0 aliphatic carbocycles. The zero-order valence-corrected chi connectivity index (χ0v) is 14.4. The molecular formula is C19H24N2OS. The van der Waals surface area contributed by atoms with E-state index in [-0.39, 0.29) is 5.91 Å². The Hall–Kier alpha value is -1.65. The summed E-state index contributed by atoms with van der Waals surface area (Å²) in [5, 5.41) is 5.24. The summed E-state index contributed by atoms with van der Waals surface area (Å²) in [6.45, 7) is 5.05. The van der Waals surface area contributed by atoms with E-state index in [0.717, 1.165) is 25.1 Å². The molecule has 1 aliphatic rings. The van der Waals surface area contributed by atoms with Gasteiger partial charge in [0, 0.05) is 17.0 Å². The van der Waals surface area contributed by atoms with Gasteiger partial charge in [-0.25, -0.2) is 0 Å². The van der Waals surface area contributed by atoms with Gasteiger partial charge in [-0.3, -0.25) is 9.69 Å². The first-order valence-corrected chi connectivity index (χ1v) is 9.30. The maximum absolute atomic E-state index is 12.4. The van der Waals surface area contributed by atoms with Crippen molar-refractivity contribution in [2.24, 2.45) is 0 Å². The maximum atomic E-state index is 12.4. The Morgan fingerprint density at radius 1 is 1.22 bits per heavy atom. The summed E-state index contributed by atoms with van der Waals surface area (Å²) in [5.74, 6) is 0.0217. The van der Waals surface area contributed by atoms with Gasteiger partial charge in [0.2, 0.25) is 0 Å². The number of amides is 1. The van der Waals surface area contributed by atoms with E-state index in [1.165, 1.54) is 23.3 Å². The standard InChI is InChI=1S/C19H24N2OS/c1-2-15-7-9-16(10-8-15)19(22)20-14-17(18-6-5-13-23-18)21-11-3-4-12-21/h5-10,13,17H,2-4,11-12,14H2,1H3,(H,20,22). The third kappa shape index (κ3) is 4.01. The van der Waals surface area contributed by atoms with Gasteiger partial charge in [0.05, 0.1) is 6.04 Å². The maximum Gasteiger partial charge on any atom is 0.251 e. The van der Waals surface area contributed by atoms with Crippen LogP contribution in [0.25, 0.3) is 0 Å². The molecule has 1 aliphatic heterocycles. The molecule has 1 fully saturated rings. The number of rotatable bonds is 6. The van der Waals surface area contributed by atoms with E-state index < -0.39 is 0 Å². The second-order valence-electron chi connectivity index (χ2n) is 6.03. The van der Waals surface area contributed by atoms with E-state index >= 15 is 0 Å². The van der Waals surface area contributed by atoms with Crippen molar-refractivity contribution in [3.8, 4) is 0 Å². The number of aryl methyl sites for hydroxylation is 1. The lowest BCUT2D eigenvalue weighted by Crippen LogP contribution is -2.36. The first-order valence-electron chi connectivity index (χ1n) is 8.42. The monoisotopic (exact) mass is 328 g/mol. The summed E-state index contributed by atoms with van der Waals surface area (Å²) in [6.07, 6.45) is 3.51. The molecule has 1 atom stereocenters. The van der Waals surface area contributed by atoms with Gasteiger partial charge >= 0.3 is 0 Å². The van der Waals surface area contributed by atoms with Crippen molar-refractivity contribution >= 4 is 17.2 Å². The Labute approximate surface area is 142 Å². The minimum absolute atomic E-state index is 0.0217. The van der Waals surface area contributed by atoms with Crippen LogP contribution in [-0.2, 0) is 6.42 Å². The summed E-state index contributed by atoms with van der Waals surface area (Å²) in [6, 6.07) is 12.5. The predicted molar refractivity (Wildman–Crippen MR) is 96.0 cm³/mol. The Kier molecular flexibility index (Phi) is 5.47. The van der Waals surface area contributed by atoms with E-state index in [4.69, 9.17) is 0 Å². The van der Waals surface area contributed by atoms with Crippen molar-refractivity contribution in [3.63, 3.8) is 0 Å². The second-order valence-corrected chi connectivity index (χ2v) is 7.01. The van der Waals surface area contributed by atoms with Crippen LogP contribution in [0.2, 0.25) is 0 Å². The molecular weight excluding hydrogens is 304 g/mol. The molecule has 23 heavy (non-hydrogen) atoms. The molecule has 122 valence electrons. The lowest BCUT2D eigenvalue weighted by atomic mass is 10.1. The molecule has 0 radical (unpaired) electrons. The smallest absolute Gasteiger partial charge is 0.251 e. The third-order valence-corrected chi connectivity index (χ3v) is 5.51. The molecule has 1 amide bonds. The lowest BCUT2D eigenvalue weighted by Gasteiger charge is -2.26. The van der Waals surface area contributed by atoms with Gasteiger partial charge in [0.25, 0.3) is 5.91 Å². The summed E-state index contributed by atoms with van der Waals surface area (Å²) in [7, 11) is 0. The van der Waals surface area contributed by atoms with Crippen molar-refractivity contribution in [2.45, 2.75) is 32.2 Å². The Bertz CT molecular complexity index is 615. The SMILES string of the molecule is CCc1ccc(C(=O)NCC(c2cccs2)N2CCCC2)cc1. The normalized spacial score (nSPS) is 16.4. The summed E-state index contributed by atoms with van der Waals surface area (Å²) < 4.78 is 0. The zero-order valence-electron chi connectivity index (χ0n) is 13.6. The van der Waals surface area contributed by atoms with Crippen LogP contribution in [0.3, 0.4) is 0 Å². The molecule has 1 saturated heterocycles. The Morgan fingerprint density at radius 2 is 1.96 bits per heavy atom. The molecule has 1 unspecified atom stereocenters. The molecule has 0 saturated carbocycles. The van der Waals surface area contributed by atoms with Gasteiger partial charge in [-0.15, -0.1) is 11.3 Å². The van der Waals surface area contributed by atoms with E-state index in [9.17, 15) is 4.79 Å². The fourth-order valence-corrected chi connectivity index (χ4v) is 3.99. The van der Waals surface area contributed by atoms with Gasteiger partial charge in [-0.2, -0.15) is 0 Å². The van der Waals surface area contributed by atoms with Crippen LogP contribution in [0.1, 0.15) is 46.6 Å². The minimum atomic E-state index is 0.0217. The number of hydrogen-bond donors (Lipinski definition) is 1. The zero-order chi connectivity index (χ0) is 16.1. The van der Waals surface area contributed by atoms with Crippen LogP contribution in [0.5, 0.6) is 0 Å². The number of hydrogen-bond acceptors (Lipinski definition) is 3. The number of carbonyl (C=O) groups is 1. The molecule has 3 rings (SSSR count). The number of nitrogens with one attached hydrogen (secondary N) is 1. The highest BCUT2D eigenvalue weighted by atomic mass is 32.1. The fourth-order valence-electron chi connectivity index (χ4n) is 3.13. The number of thiophene rings is 1. The van der Waals surface area contributed by atoms with E-state index in [0.29, 0.717) is 12.6 Å². The topological polar surface area (TPSA) is 32.3 Å². The van der Waals surface area contributed by atoms with E-state index in [1.54, 1.807) is 11.3 Å². The molecule has 2 heterocycles. The van der Waals surface area contributed by atoms with Gasteiger partial charge in [-0.05, 0) is 61.5 Å². The van der Waals surface area contributed by atoms with Gasteiger partial charge in [0.15, 0.2) is 0 Å². The first kappa shape index (κ1) is 16.2. The van der Waals surface area contributed by atoms with E-state index in [1.807, 2.05) is 24.3 Å². The molecule has 1 aromatic heterocycles. The molecule has 4 heteroatoms. The van der Waals surface area contributed by atoms with Gasteiger partial charge < -0.3 is 5.32 Å². The average molecular weight is 328 g/mol. The number of benzene rings is 1. The van der Waals surface area contributed by atoms with Crippen LogP contribution >= 0.6 is 11.3 Å². The van der Waals surface area contributed by atoms with Crippen molar-refractivity contribution < 1.29 is 4.79 Å². The lowest BCUT2D eigenvalue weighted by molar-refractivity contribution is 0.0938. The highest BCUT2D eigenvalue weighted by Gasteiger charge is 2.24. The largest absolute Gasteiger partial charge is 0.350 e. The fraction of sp³-hybridized carbons (Fsp3) is 0.421. The number of carbonyl (C=O) groups excluding carboxylic acids is 1. The van der Waals surface area contributed by atoms with Crippen molar-refractivity contribution in [3.05, 3.63) is 57.8 Å². The highest BCUT2D eigenvalue weighted by Crippen LogP contribution is 2.27. The number of likely N-dealkylation sites (tertiary alicyclic amines) is 1. The van der Waals surface area contributed by atoms with Crippen molar-refractivity contribution in [1.82, 2.24) is 10.2 Å². The predicted octanol–water partition coefficient (Wildman–Crippen LogP) is 3.88. The average Bonchev–Trinajstić information content (AvgIpc) is 3.29. The molecule has 1 N–H and O–H groups in total. The molecule has 0 spiro atoms. The third-order valence-electron chi connectivity index (χ3n) is 4.53. The Balaban J connectivity index is 1.64. The summed E-state index contributed by atoms with van der Waals surface area (Å²) in [5.41, 5.74) is 2.00. The number of nitrogens with zero attached hydrogens (tertiary/aromatic N) is 1. The van der Waals surface area contributed by atoms with Crippen LogP contribution < -0.4 is 5.32 Å². The van der Waals surface area contributed by atoms with Gasteiger partial charge in [-0.1, -0.05) is 25.1 Å². The molecule has 3 nitrogen and oxygen atoms in total. The van der Waals surface area contributed by atoms with Crippen LogP contribution in [0.4, 0.5) is 0 Å². The first-order chi connectivity index (χ1) is 11.3. The minimum Gasteiger partial charge on any atom is -0.350 e. The van der Waals surface area contributed by atoms with Crippen LogP contribution in [0, 0.1) is 0 Å². The molecule has 2 aromatic rings. The van der Waals surface area contributed by atoms with Crippen LogP contribution in [-0.4, -0.2) is 30.4 Å².